The fourth-order valence-corrected chi connectivity index (χ4v) is 1.54. The van der Waals surface area contributed by atoms with Crippen LogP contribution in [0.3, 0.4) is 0 Å². The number of nitrogens with zero attached hydrogens (tertiary/aromatic N) is 3. The highest BCUT2D eigenvalue weighted by molar-refractivity contribution is 5.42. The Balaban J connectivity index is 2.51. The van der Waals surface area contributed by atoms with Crippen molar-refractivity contribution in [3.05, 3.63) is 17.6 Å². The summed E-state index contributed by atoms with van der Waals surface area (Å²) < 4.78 is 0. The number of rotatable bonds is 6. The van der Waals surface area contributed by atoms with E-state index in [0.717, 1.165) is 36.8 Å². The number of nitrogens with one attached hydrogen (secondary N) is 1. The van der Waals surface area contributed by atoms with Gasteiger partial charge in [0, 0.05) is 26.3 Å². The summed E-state index contributed by atoms with van der Waals surface area (Å²) in [5.74, 6) is 0.985. The van der Waals surface area contributed by atoms with Gasteiger partial charge >= 0.3 is 0 Å². The van der Waals surface area contributed by atoms with Crippen LogP contribution in [-0.2, 0) is 0 Å². The van der Waals surface area contributed by atoms with Crippen molar-refractivity contribution in [2.75, 3.05) is 31.6 Å². The van der Waals surface area contributed by atoms with E-state index in [0.29, 0.717) is 0 Å². The van der Waals surface area contributed by atoms with Gasteiger partial charge in [0.25, 0.3) is 0 Å². The molecule has 1 N–H and O–H groups in total. The second-order valence-corrected chi connectivity index (χ2v) is 4.09. The summed E-state index contributed by atoms with van der Waals surface area (Å²) in [5.41, 5.74) is 1.96. The highest BCUT2D eigenvalue weighted by Gasteiger charge is 2.06. The van der Waals surface area contributed by atoms with Gasteiger partial charge in [0.05, 0.1) is 11.4 Å². The predicted molar refractivity (Wildman–Crippen MR) is 67.9 cm³/mol. The maximum atomic E-state index is 4.51. The summed E-state index contributed by atoms with van der Waals surface area (Å²) in [6.45, 7) is 9.16. The van der Waals surface area contributed by atoms with E-state index in [1.807, 2.05) is 20.0 Å². The zero-order valence-electron chi connectivity index (χ0n) is 10.7. The maximum absolute atomic E-state index is 4.51. The minimum atomic E-state index is 0.957. The molecule has 0 aromatic carbocycles. The van der Waals surface area contributed by atoms with E-state index in [2.05, 4.69) is 34.2 Å². The van der Waals surface area contributed by atoms with Crippen molar-refractivity contribution < 1.29 is 0 Å². The number of likely N-dealkylation sites (N-methyl/N-ethyl adjacent to an activating group) is 1. The monoisotopic (exact) mass is 222 g/mol. The molecule has 4 nitrogen and oxygen atoms in total. The van der Waals surface area contributed by atoms with Crippen molar-refractivity contribution in [1.29, 1.82) is 0 Å². The van der Waals surface area contributed by atoms with Crippen LogP contribution in [0, 0.1) is 13.8 Å². The van der Waals surface area contributed by atoms with Gasteiger partial charge < -0.3 is 10.2 Å². The molecule has 0 spiro atoms. The molecule has 0 bridgehead atoms. The van der Waals surface area contributed by atoms with Gasteiger partial charge in [0.1, 0.15) is 5.82 Å². The third-order valence-electron chi connectivity index (χ3n) is 2.46. The lowest BCUT2D eigenvalue weighted by molar-refractivity contribution is 0.662. The van der Waals surface area contributed by atoms with Crippen molar-refractivity contribution in [2.45, 2.75) is 27.2 Å². The Kier molecular flexibility index (Phi) is 5.19. The van der Waals surface area contributed by atoms with Crippen LogP contribution < -0.4 is 10.2 Å². The van der Waals surface area contributed by atoms with Crippen molar-refractivity contribution in [3.63, 3.8) is 0 Å². The fraction of sp³-hybridized carbons (Fsp3) is 0.667. The van der Waals surface area contributed by atoms with Crippen LogP contribution in [0.4, 0.5) is 5.82 Å². The van der Waals surface area contributed by atoms with Crippen molar-refractivity contribution >= 4 is 5.82 Å². The van der Waals surface area contributed by atoms with E-state index in [9.17, 15) is 0 Å². The third-order valence-corrected chi connectivity index (χ3v) is 2.46. The molecule has 16 heavy (non-hydrogen) atoms. The maximum Gasteiger partial charge on any atom is 0.150 e. The number of hydrogen-bond acceptors (Lipinski definition) is 4. The van der Waals surface area contributed by atoms with Gasteiger partial charge in [0.2, 0.25) is 0 Å². The van der Waals surface area contributed by atoms with E-state index in [-0.39, 0.29) is 0 Å². The second-order valence-electron chi connectivity index (χ2n) is 4.09. The SMILES string of the molecule is CCCNCCN(C)c1nc(C)cnc1C. The van der Waals surface area contributed by atoms with Gasteiger partial charge in [-0.05, 0) is 26.8 Å². The van der Waals surface area contributed by atoms with Crippen LogP contribution in [0.25, 0.3) is 0 Å². The Morgan fingerprint density at radius 3 is 2.75 bits per heavy atom. The summed E-state index contributed by atoms with van der Waals surface area (Å²) in [4.78, 5) is 11.0. The van der Waals surface area contributed by atoms with Crippen molar-refractivity contribution in [1.82, 2.24) is 15.3 Å². The lowest BCUT2D eigenvalue weighted by atomic mass is 10.3. The second kappa shape index (κ2) is 6.43. The lowest BCUT2D eigenvalue weighted by Gasteiger charge is -2.20. The van der Waals surface area contributed by atoms with Crippen molar-refractivity contribution in [2.24, 2.45) is 0 Å². The average molecular weight is 222 g/mol. The summed E-state index contributed by atoms with van der Waals surface area (Å²) >= 11 is 0. The number of aromatic nitrogens is 2. The van der Waals surface area contributed by atoms with Crippen LogP contribution >= 0.6 is 0 Å². The molecule has 0 aliphatic rings. The molecule has 0 amide bonds. The Morgan fingerprint density at radius 1 is 1.31 bits per heavy atom. The highest BCUT2D eigenvalue weighted by atomic mass is 15.2. The van der Waals surface area contributed by atoms with E-state index in [1.54, 1.807) is 0 Å². The van der Waals surface area contributed by atoms with Gasteiger partial charge in [-0.15, -0.1) is 0 Å². The molecule has 1 aromatic rings. The van der Waals surface area contributed by atoms with E-state index >= 15 is 0 Å². The van der Waals surface area contributed by atoms with Crippen LogP contribution in [-0.4, -0.2) is 36.6 Å². The molecular formula is C12H22N4. The van der Waals surface area contributed by atoms with Gasteiger partial charge in [0.15, 0.2) is 0 Å². The minimum absolute atomic E-state index is 0.957. The summed E-state index contributed by atoms with van der Waals surface area (Å²) in [5, 5.41) is 3.38. The van der Waals surface area contributed by atoms with Gasteiger partial charge in [-0.1, -0.05) is 6.92 Å². The fourth-order valence-electron chi connectivity index (χ4n) is 1.54. The van der Waals surface area contributed by atoms with Gasteiger partial charge in [-0.3, -0.25) is 4.98 Å². The molecule has 0 atom stereocenters. The number of hydrogen-bond donors (Lipinski definition) is 1. The third kappa shape index (κ3) is 3.77. The quantitative estimate of drug-likeness (QED) is 0.741. The molecule has 0 aliphatic heterocycles. The molecule has 0 saturated heterocycles. The van der Waals surface area contributed by atoms with Crippen LogP contribution in [0.1, 0.15) is 24.7 Å². The zero-order valence-corrected chi connectivity index (χ0v) is 10.7. The van der Waals surface area contributed by atoms with Crippen LogP contribution in [0.2, 0.25) is 0 Å². The largest absolute Gasteiger partial charge is 0.357 e. The molecule has 1 aromatic heterocycles. The molecule has 90 valence electrons. The topological polar surface area (TPSA) is 41.0 Å². The molecule has 0 fully saturated rings. The first kappa shape index (κ1) is 12.9. The lowest BCUT2D eigenvalue weighted by Crippen LogP contribution is -2.30. The Labute approximate surface area is 98.1 Å². The van der Waals surface area contributed by atoms with Crippen LogP contribution in [0.5, 0.6) is 0 Å². The molecular weight excluding hydrogens is 200 g/mol. The molecule has 0 radical (unpaired) electrons. The first-order valence-electron chi connectivity index (χ1n) is 5.87. The Hall–Kier alpha value is -1.16. The summed E-state index contributed by atoms with van der Waals surface area (Å²) in [6, 6.07) is 0. The van der Waals surface area contributed by atoms with E-state index in [4.69, 9.17) is 0 Å². The molecule has 1 rings (SSSR count). The molecule has 0 unspecified atom stereocenters. The van der Waals surface area contributed by atoms with Crippen LogP contribution in [0.15, 0.2) is 6.20 Å². The van der Waals surface area contributed by atoms with E-state index in [1.165, 1.54) is 6.42 Å². The summed E-state index contributed by atoms with van der Waals surface area (Å²) in [6.07, 6.45) is 2.98. The zero-order chi connectivity index (χ0) is 12.0. The van der Waals surface area contributed by atoms with Gasteiger partial charge in [-0.25, -0.2) is 4.98 Å². The normalized spacial score (nSPS) is 10.5. The van der Waals surface area contributed by atoms with Crippen molar-refractivity contribution in [3.8, 4) is 0 Å². The Morgan fingerprint density at radius 2 is 2.06 bits per heavy atom. The standard InChI is InChI=1S/C12H22N4/c1-5-6-13-7-8-16(4)12-11(3)14-9-10(2)15-12/h9,13H,5-8H2,1-4H3. The first-order chi connectivity index (χ1) is 7.65. The summed E-state index contributed by atoms with van der Waals surface area (Å²) in [7, 11) is 2.06. The highest BCUT2D eigenvalue weighted by Crippen LogP contribution is 2.12. The first-order valence-corrected chi connectivity index (χ1v) is 5.87. The molecule has 4 heteroatoms. The van der Waals surface area contributed by atoms with Gasteiger partial charge in [-0.2, -0.15) is 0 Å². The Bertz CT molecular complexity index is 325. The predicted octanol–water partition coefficient (Wildman–Crippen LogP) is 1.53. The minimum Gasteiger partial charge on any atom is -0.357 e. The smallest absolute Gasteiger partial charge is 0.150 e. The number of aryl methyl sites for hydroxylation is 2. The number of anilines is 1. The molecule has 0 aliphatic carbocycles. The van der Waals surface area contributed by atoms with E-state index < -0.39 is 0 Å². The average Bonchev–Trinajstić information content (AvgIpc) is 2.27. The molecule has 0 saturated carbocycles. The molecule has 1 heterocycles.